The van der Waals surface area contributed by atoms with Crippen LogP contribution in [0.5, 0.6) is 5.88 Å². The van der Waals surface area contributed by atoms with Crippen molar-refractivity contribution in [2.45, 2.75) is 33.9 Å². The molecule has 0 aliphatic carbocycles. The van der Waals surface area contributed by atoms with E-state index in [1.54, 1.807) is 24.6 Å². The molecule has 0 bridgehead atoms. The van der Waals surface area contributed by atoms with Crippen molar-refractivity contribution < 1.29 is 4.74 Å². The Morgan fingerprint density at radius 3 is 2.67 bits per heavy atom. The van der Waals surface area contributed by atoms with Crippen molar-refractivity contribution in [1.29, 1.82) is 0 Å². The number of pyridine rings is 1. The molecule has 0 saturated heterocycles. The molecule has 6 nitrogen and oxygen atoms in total. The molecule has 0 atom stereocenters. The van der Waals surface area contributed by atoms with Crippen LogP contribution in [0.3, 0.4) is 0 Å². The van der Waals surface area contributed by atoms with E-state index >= 15 is 0 Å². The lowest BCUT2D eigenvalue weighted by molar-refractivity contribution is 0.326. The minimum Gasteiger partial charge on any atom is -0.478 e. The highest BCUT2D eigenvalue weighted by atomic mass is 127. The normalized spacial score (nSPS) is 10.9. The molecule has 0 aliphatic heterocycles. The van der Waals surface area contributed by atoms with Gasteiger partial charge in [0, 0.05) is 30.7 Å². The summed E-state index contributed by atoms with van der Waals surface area (Å²) in [6, 6.07) is 3.88. The molecule has 24 heavy (non-hydrogen) atoms. The first-order chi connectivity index (χ1) is 11.1. The average Bonchev–Trinajstić information content (AvgIpc) is 2.87. The van der Waals surface area contributed by atoms with Gasteiger partial charge in [0.05, 0.1) is 18.8 Å². The van der Waals surface area contributed by atoms with Crippen LogP contribution >= 0.6 is 35.3 Å². The van der Waals surface area contributed by atoms with Crippen molar-refractivity contribution in [2.24, 2.45) is 4.99 Å². The van der Waals surface area contributed by atoms with Crippen molar-refractivity contribution in [3.05, 3.63) is 39.5 Å². The van der Waals surface area contributed by atoms with Crippen LogP contribution in [0.15, 0.2) is 23.3 Å². The summed E-state index contributed by atoms with van der Waals surface area (Å²) in [4.78, 5) is 14.2. The first kappa shape index (κ1) is 20.6. The molecule has 0 unspecified atom stereocenters. The highest BCUT2D eigenvalue weighted by Crippen LogP contribution is 2.15. The van der Waals surface area contributed by atoms with Crippen LogP contribution in [0.4, 0.5) is 0 Å². The van der Waals surface area contributed by atoms with Crippen molar-refractivity contribution >= 4 is 41.3 Å². The third kappa shape index (κ3) is 6.23. The quantitative estimate of drug-likeness (QED) is 0.393. The van der Waals surface area contributed by atoms with Crippen molar-refractivity contribution in [1.82, 2.24) is 20.6 Å². The number of guanidine groups is 1. The Morgan fingerprint density at radius 2 is 2.04 bits per heavy atom. The van der Waals surface area contributed by atoms with Crippen molar-refractivity contribution in [3.63, 3.8) is 0 Å². The fourth-order valence-corrected chi connectivity index (χ4v) is 2.84. The predicted molar refractivity (Wildman–Crippen MR) is 109 cm³/mol. The molecule has 2 heterocycles. The zero-order valence-electron chi connectivity index (χ0n) is 14.4. The van der Waals surface area contributed by atoms with Gasteiger partial charge >= 0.3 is 0 Å². The summed E-state index contributed by atoms with van der Waals surface area (Å²) >= 11 is 1.71. The number of aryl methyl sites for hydroxylation is 2. The maximum Gasteiger partial charge on any atom is 0.213 e. The number of nitrogens with one attached hydrogen (secondary N) is 2. The first-order valence-corrected chi connectivity index (χ1v) is 8.39. The summed E-state index contributed by atoms with van der Waals surface area (Å²) in [7, 11) is 1.76. The minimum absolute atomic E-state index is 0. The number of hydrogen-bond acceptors (Lipinski definition) is 5. The highest BCUT2D eigenvalue weighted by Gasteiger charge is 2.05. The number of thiazole rings is 1. The maximum absolute atomic E-state index is 5.41. The van der Waals surface area contributed by atoms with E-state index in [9.17, 15) is 0 Å². The molecule has 132 valence electrons. The largest absolute Gasteiger partial charge is 0.478 e. The van der Waals surface area contributed by atoms with Gasteiger partial charge in [0.25, 0.3) is 0 Å². The van der Waals surface area contributed by atoms with Crippen LogP contribution in [-0.2, 0) is 13.1 Å². The number of rotatable bonds is 6. The fraction of sp³-hybridized carbons (Fsp3) is 0.438. The summed E-state index contributed by atoms with van der Waals surface area (Å²) in [5.41, 5.74) is 2.18. The lowest BCUT2D eigenvalue weighted by Gasteiger charge is -2.11. The van der Waals surface area contributed by atoms with E-state index in [0.29, 0.717) is 25.6 Å². The van der Waals surface area contributed by atoms with Crippen LogP contribution in [0.1, 0.15) is 28.1 Å². The maximum atomic E-state index is 5.41. The van der Waals surface area contributed by atoms with Crippen molar-refractivity contribution in [2.75, 3.05) is 13.7 Å². The lowest BCUT2D eigenvalue weighted by atomic mass is 10.2. The molecule has 0 aromatic carbocycles. The SMILES string of the molecule is CCOc1cc(CNC(=NC)NCc2nc(C)c(C)s2)ccn1.I. The average molecular weight is 461 g/mol. The van der Waals surface area contributed by atoms with Gasteiger partial charge in [0.15, 0.2) is 5.96 Å². The first-order valence-electron chi connectivity index (χ1n) is 7.57. The van der Waals surface area contributed by atoms with E-state index in [-0.39, 0.29) is 24.0 Å². The second-order valence-corrected chi connectivity index (χ2v) is 6.25. The number of halogens is 1. The number of hydrogen-bond donors (Lipinski definition) is 2. The number of aromatic nitrogens is 2. The molecule has 0 radical (unpaired) electrons. The standard InChI is InChI=1S/C16H23N5OS.HI/c1-5-22-14-8-13(6-7-18-14)9-19-16(17-4)20-10-15-21-11(2)12(3)23-15;/h6-8H,5,9-10H2,1-4H3,(H2,17,19,20);1H. The highest BCUT2D eigenvalue weighted by molar-refractivity contribution is 14.0. The molecule has 2 rings (SSSR count). The van der Waals surface area contributed by atoms with Gasteiger partial charge in [0.1, 0.15) is 5.01 Å². The molecule has 2 aromatic rings. The smallest absolute Gasteiger partial charge is 0.213 e. The predicted octanol–water partition coefficient (Wildman–Crippen LogP) is 3.04. The molecule has 8 heteroatoms. The summed E-state index contributed by atoms with van der Waals surface area (Å²) in [5.74, 6) is 1.38. The Labute approximate surface area is 164 Å². The molecule has 0 amide bonds. The van der Waals surface area contributed by atoms with Gasteiger partial charge in [-0.25, -0.2) is 9.97 Å². The van der Waals surface area contributed by atoms with Crippen LogP contribution in [0.2, 0.25) is 0 Å². The van der Waals surface area contributed by atoms with Crippen LogP contribution in [-0.4, -0.2) is 29.6 Å². The molecule has 0 fully saturated rings. The van der Waals surface area contributed by atoms with Crippen LogP contribution < -0.4 is 15.4 Å². The van der Waals surface area contributed by atoms with Gasteiger partial charge in [-0.15, -0.1) is 35.3 Å². The molecule has 0 saturated carbocycles. The summed E-state index contributed by atoms with van der Waals surface area (Å²) < 4.78 is 5.41. The minimum atomic E-state index is 0. The van der Waals surface area contributed by atoms with Gasteiger partial charge in [-0.1, -0.05) is 0 Å². The van der Waals surface area contributed by atoms with Gasteiger partial charge < -0.3 is 15.4 Å². The Hall–Kier alpha value is -1.42. The fourth-order valence-electron chi connectivity index (χ4n) is 1.97. The van der Waals surface area contributed by atoms with Gasteiger partial charge in [0.2, 0.25) is 5.88 Å². The van der Waals surface area contributed by atoms with Crippen LogP contribution in [0.25, 0.3) is 0 Å². The summed E-state index contributed by atoms with van der Waals surface area (Å²) in [6.45, 7) is 7.99. The molecule has 0 spiro atoms. The Balaban J connectivity index is 0.00000288. The number of aliphatic imine (C=N–C) groups is 1. The van der Waals surface area contributed by atoms with E-state index in [1.807, 2.05) is 26.0 Å². The van der Waals surface area contributed by atoms with Crippen molar-refractivity contribution in [3.8, 4) is 5.88 Å². The van der Waals surface area contributed by atoms with E-state index in [4.69, 9.17) is 4.74 Å². The Bertz CT molecular complexity index is 655. The monoisotopic (exact) mass is 461 g/mol. The molecule has 2 aromatic heterocycles. The lowest BCUT2D eigenvalue weighted by Crippen LogP contribution is -2.36. The molecule has 2 N–H and O–H groups in total. The van der Waals surface area contributed by atoms with Gasteiger partial charge in [-0.3, -0.25) is 4.99 Å². The second kappa shape index (κ2) is 10.4. The summed E-state index contributed by atoms with van der Waals surface area (Å²) in [5, 5.41) is 7.62. The Morgan fingerprint density at radius 1 is 1.29 bits per heavy atom. The number of nitrogens with zero attached hydrogens (tertiary/aromatic N) is 3. The van der Waals surface area contributed by atoms with Gasteiger partial charge in [-0.05, 0) is 32.4 Å². The molecular weight excluding hydrogens is 437 g/mol. The van der Waals surface area contributed by atoms with E-state index < -0.39 is 0 Å². The van der Waals surface area contributed by atoms with E-state index in [2.05, 4.69) is 32.5 Å². The van der Waals surface area contributed by atoms with Gasteiger partial charge in [-0.2, -0.15) is 0 Å². The zero-order valence-corrected chi connectivity index (χ0v) is 17.6. The number of ether oxygens (including phenoxy) is 1. The topological polar surface area (TPSA) is 71.4 Å². The third-order valence-corrected chi connectivity index (χ3v) is 4.33. The second-order valence-electron chi connectivity index (χ2n) is 4.96. The third-order valence-electron chi connectivity index (χ3n) is 3.25. The summed E-state index contributed by atoms with van der Waals surface area (Å²) in [6.07, 6.45) is 1.75. The molecule has 0 aliphatic rings. The molecular formula is C16H24IN5OS. The zero-order chi connectivity index (χ0) is 16.7. The Kier molecular flexibility index (Phi) is 8.98. The van der Waals surface area contributed by atoms with E-state index in [1.165, 1.54) is 4.88 Å². The van der Waals surface area contributed by atoms with Crippen LogP contribution in [0, 0.1) is 13.8 Å². The van der Waals surface area contributed by atoms with E-state index in [0.717, 1.165) is 22.2 Å².